The summed E-state index contributed by atoms with van der Waals surface area (Å²) in [6.45, 7) is 0. The molecule has 0 radical (unpaired) electrons. The summed E-state index contributed by atoms with van der Waals surface area (Å²) in [7, 11) is 0. The normalized spacial score (nSPS) is 16.6. The molecule has 2 aromatic rings. The van der Waals surface area contributed by atoms with Gasteiger partial charge in [0, 0.05) is 35.5 Å². The second-order valence-electron chi connectivity index (χ2n) is 5.51. The average Bonchev–Trinajstić information content (AvgIpc) is 3.16. The molecule has 2 N–H and O–H groups in total. The summed E-state index contributed by atoms with van der Waals surface area (Å²) in [5.74, 6) is 1.81. The maximum atomic E-state index is 4.51. The van der Waals surface area contributed by atoms with Crippen molar-refractivity contribution in [2.24, 2.45) is 0 Å². The minimum atomic E-state index is 0.718. The van der Waals surface area contributed by atoms with Crippen LogP contribution in [0.5, 0.6) is 0 Å². The number of nitrogens with one attached hydrogen (secondary N) is 2. The molecule has 0 atom stereocenters. The van der Waals surface area contributed by atoms with Gasteiger partial charge in [-0.1, -0.05) is 31.0 Å². The summed E-state index contributed by atoms with van der Waals surface area (Å²) < 4.78 is 0. The Hall–Kier alpha value is -1.23. The van der Waals surface area contributed by atoms with Gasteiger partial charge in [0.05, 0.1) is 6.33 Å². The number of H-pyrrole nitrogens is 2. The Morgan fingerprint density at radius 1 is 1.20 bits per heavy atom. The summed E-state index contributed by atoms with van der Waals surface area (Å²) in [5.41, 5.74) is 2.56. The number of imidazole rings is 2. The van der Waals surface area contributed by atoms with E-state index in [0.29, 0.717) is 0 Å². The smallest absolute Gasteiger partial charge is 0.165 e. The second-order valence-corrected chi connectivity index (χ2v) is 6.59. The number of aromatic amines is 2. The van der Waals surface area contributed by atoms with Crippen LogP contribution in [0, 0.1) is 0 Å². The maximum absolute atomic E-state index is 4.51. The highest BCUT2D eigenvalue weighted by molar-refractivity contribution is 7.99. The van der Waals surface area contributed by atoms with Crippen LogP contribution in [0.1, 0.15) is 55.8 Å². The minimum Gasteiger partial charge on any atom is -0.348 e. The molecule has 1 saturated carbocycles. The predicted molar refractivity (Wildman–Crippen MR) is 82.0 cm³/mol. The van der Waals surface area contributed by atoms with E-state index in [1.54, 1.807) is 6.33 Å². The molecule has 0 aliphatic heterocycles. The van der Waals surface area contributed by atoms with Crippen molar-refractivity contribution in [1.82, 2.24) is 19.9 Å². The van der Waals surface area contributed by atoms with E-state index in [1.165, 1.54) is 43.5 Å². The Morgan fingerprint density at radius 3 is 2.90 bits per heavy atom. The van der Waals surface area contributed by atoms with Gasteiger partial charge in [-0.25, -0.2) is 9.97 Å². The Labute approximate surface area is 124 Å². The lowest BCUT2D eigenvalue weighted by molar-refractivity contribution is 0.437. The van der Waals surface area contributed by atoms with E-state index in [0.717, 1.165) is 29.7 Å². The molecule has 4 nitrogen and oxygen atoms in total. The third kappa shape index (κ3) is 3.66. The van der Waals surface area contributed by atoms with Crippen molar-refractivity contribution in [3.63, 3.8) is 0 Å². The first-order valence-electron chi connectivity index (χ1n) is 7.57. The van der Waals surface area contributed by atoms with Gasteiger partial charge in [-0.05, 0) is 25.7 Å². The Morgan fingerprint density at radius 2 is 2.10 bits per heavy atom. The Kier molecular flexibility index (Phi) is 4.79. The van der Waals surface area contributed by atoms with E-state index in [4.69, 9.17) is 0 Å². The van der Waals surface area contributed by atoms with Crippen molar-refractivity contribution in [2.75, 3.05) is 5.75 Å². The number of rotatable bonds is 6. The molecular formula is C15H22N4S. The van der Waals surface area contributed by atoms with Crippen LogP contribution in [-0.2, 0) is 6.42 Å². The minimum absolute atomic E-state index is 0.718. The number of aromatic nitrogens is 4. The highest BCUT2D eigenvalue weighted by Gasteiger charge is 2.17. The molecule has 0 saturated heterocycles. The molecule has 0 bridgehead atoms. The zero-order chi connectivity index (χ0) is 13.6. The third-order valence-corrected chi connectivity index (χ3v) is 4.97. The quantitative estimate of drug-likeness (QED) is 0.626. The van der Waals surface area contributed by atoms with Crippen molar-refractivity contribution in [3.05, 3.63) is 30.1 Å². The summed E-state index contributed by atoms with van der Waals surface area (Å²) in [5, 5.41) is 1.08. The molecule has 108 valence electrons. The lowest BCUT2D eigenvalue weighted by Crippen LogP contribution is -2.04. The fourth-order valence-electron chi connectivity index (χ4n) is 2.86. The predicted octanol–water partition coefficient (Wildman–Crippen LogP) is 3.91. The summed E-state index contributed by atoms with van der Waals surface area (Å²) >= 11 is 1.83. The lowest BCUT2D eigenvalue weighted by atomic mass is 9.87. The number of aryl methyl sites for hydroxylation is 1. The second kappa shape index (κ2) is 6.97. The molecule has 2 heterocycles. The molecule has 0 unspecified atom stereocenters. The van der Waals surface area contributed by atoms with Crippen LogP contribution in [0.4, 0.5) is 0 Å². The van der Waals surface area contributed by atoms with Gasteiger partial charge in [0.25, 0.3) is 0 Å². The summed E-state index contributed by atoms with van der Waals surface area (Å²) in [6.07, 6.45) is 14.7. The van der Waals surface area contributed by atoms with Gasteiger partial charge in [0.1, 0.15) is 0 Å². The van der Waals surface area contributed by atoms with E-state index >= 15 is 0 Å². The summed E-state index contributed by atoms with van der Waals surface area (Å²) in [6, 6.07) is 0. The van der Waals surface area contributed by atoms with E-state index in [-0.39, 0.29) is 0 Å². The molecule has 5 heteroatoms. The van der Waals surface area contributed by atoms with Crippen molar-refractivity contribution < 1.29 is 0 Å². The van der Waals surface area contributed by atoms with Gasteiger partial charge < -0.3 is 9.97 Å². The molecule has 20 heavy (non-hydrogen) atoms. The Bertz CT molecular complexity index is 500. The molecule has 1 aliphatic carbocycles. The van der Waals surface area contributed by atoms with Crippen LogP contribution in [0.15, 0.2) is 23.9 Å². The fraction of sp³-hybridized carbons (Fsp3) is 0.600. The molecule has 0 amide bonds. The van der Waals surface area contributed by atoms with Gasteiger partial charge in [0.15, 0.2) is 5.16 Å². The molecule has 1 aliphatic rings. The van der Waals surface area contributed by atoms with Crippen LogP contribution in [0.3, 0.4) is 0 Å². The maximum Gasteiger partial charge on any atom is 0.165 e. The summed E-state index contributed by atoms with van der Waals surface area (Å²) in [4.78, 5) is 15.2. The van der Waals surface area contributed by atoms with Gasteiger partial charge in [-0.3, -0.25) is 0 Å². The topological polar surface area (TPSA) is 57.4 Å². The zero-order valence-corrected chi connectivity index (χ0v) is 12.6. The highest BCUT2D eigenvalue weighted by Crippen LogP contribution is 2.32. The first-order valence-corrected chi connectivity index (χ1v) is 8.55. The van der Waals surface area contributed by atoms with Crippen molar-refractivity contribution in [3.8, 4) is 0 Å². The van der Waals surface area contributed by atoms with Crippen LogP contribution in [0.25, 0.3) is 0 Å². The van der Waals surface area contributed by atoms with Crippen LogP contribution < -0.4 is 0 Å². The lowest BCUT2D eigenvalue weighted by Gasteiger charge is -2.19. The largest absolute Gasteiger partial charge is 0.348 e. The molecule has 0 aromatic carbocycles. The fourth-order valence-corrected chi connectivity index (χ4v) is 3.66. The van der Waals surface area contributed by atoms with Gasteiger partial charge in [-0.2, -0.15) is 0 Å². The van der Waals surface area contributed by atoms with Gasteiger partial charge >= 0.3 is 0 Å². The van der Waals surface area contributed by atoms with E-state index in [2.05, 4.69) is 19.9 Å². The van der Waals surface area contributed by atoms with Crippen LogP contribution in [-0.4, -0.2) is 25.7 Å². The molecule has 3 rings (SSSR count). The first kappa shape index (κ1) is 13.7. The molecule has 1 fully saturated rings. The first-order chi connectivity index (χ1) is 9.92. The highest BCUT2D eigenvalue weighted by atomic mass is 32.2. The molecule has 0 spiro atoms. The van der Waals surface area contributed by atoms with E-state index in [1.807, 2.05) is 24.2 Å². The number of hydrogen-bond acceptors (Lipinski definition) is 3. The third-order valence-electron chi connectivity index (χ3n) is 4.00. The average molecular weight is 290 g/mol. The van der Waals surface area contributed by atoms with Crippen molar-refractivity contribution in [1.29, 1.82) is 0 Å². The number of thioether (sulfide) groups is 1. The van der Waals surface area contributed by atoms with E-state index in [9.17, 15) is 0 Å². The Balaban J connectivity index is 1.42. The van der Waals surface area contributed by atoms with E-state index < -0.39 is 0 Å². The van der Waals surface area contributed by atoms with Gasteiger partial charge in [-0.15, -0.1) is 0 Å². The number of hydrogen-bond donors (Lipinski definition) is 2. The zero-order valence-electron chi connectivity index (χ0n) is 11.8. The van der Waals surface area contributed by atoms with Gasteiger partial charge in [0.2, 0.25) is 0 Å². The SMILES string of the molecule is c1ncc(CCCSc2ncc(C3CCCCC3)[nH]2)[nH]1. The standard InChI is InChI=1S/C15H22N4S/c1-2-5-12(6-3-1)14-10-17-15(19-14)20-8-4-7-13-9-16-11-18-13/h9-12H,1-8H2,(H,16,18)(H,17,19). The monoisotopic (exact) mass is 290 g/mol. The van der Waals surface area contributed by atoms with Crippen molar-refractivity contribution >= 4 is 11.8 Å². The molecule has 2 aromatic heterocycles. The van der Waals surface area contributed by atoms with Crippen LogP contribution in [0.2, 0.25) is 0 Å². The van der Waals surface area contributed by atoms with Crippen molar-refractivity contribution in [2.45, 2.75) is 56.0 Å². The molecular weight excluding hydrogens is 268 g/mol. The van der Waals surface area contributed by atoms with Crippen LogP contribution >= 0.6 is 11.8 Å². The number of nitrogens with zero attached hydrogens (tertiary/aromatic N) is 2.